The van der Waals surface area contributed by atoms with Crippen LogP contribution in [0.25, 0.3) is 5.69 Å². The molecule has 3 N–H and O–H groups in total. The maximum atomic E-state index is 12.6. The highest BCUT2D eigenvalue weighted by molar-refractivity contribution is 8.00. The van der Waals surface area contributed by atoms with E-state index in [0.717, 1.165) is 12.1 Å². The molecule has 1 aliphatic rings. The molecule has 0 saturated carbocycles. The van der Waals surface area contributed by atoms with Gasteiger partial charge in [-0.05, 0) is 17.8 Å². The number of nitrogen functional groups attached to an aromatic ring is 1. The van der Waals surface area contributed by atoms with Crippen molar-refractivity contribution in [3.63, 3.8) is 0 Å². The number of alkyl halides is 3. The summed E-state index contributed by atoms with van der Waals surface area (Å²) in [4.78, 5) is 35.5. The van der Waals surface area contributed by atoms with Gasteiger partial charge in [0.05, 0.1) is 31.9 Å². The number of halogens is 6. The summed E-state index contributed by atoms with van der Waals surface area (Å²) in [6, 6.07) is 1.71. The van der Waals surface area contributed by atoms with Crippen molar-refractivity contribution in [1.82, 2.24) is 9.88 Å². The molecule has 0 radical (unpaired) electrons. The Balaban J connectivity index is 2.29. The van der Waals surface area contributed by atoms with Gasteiger partial charge in [-0.2, -0.15) is 13.2 Å². The first kappa shape index (κ1) is 19.9. The standard InChI is InChI=1S/C14H5Cl3F3N3O3S/c15-4-2-5(27-14(18,19)20)8(16)9(17)10(4)23-6(24)1-3-7(11(23)21)13(26)22-12(3)25/h1-2H,21H2,(H,22,25,26). The summed E-state index contributed by atoms with van der Waals surface area (Å²) in [6.45, 7) is 0. The van der Waals surface area contributed by atoms with Gasteiger partial charge in [0.25, 0.3) is 17.4 Å². The lowest BCUT2D eigenvalue weighted by molar-refractivity contribution is -0.0328. The molecule has 0 unspecified atom stereocenters. The number of nitrogens with two attached hydrogens (primary N) is 1. The zero-order chi connectivity index (χ0) is 20.3. The average Bonchev–Trinajstić information content (AvgIpc) is 2.80. The Kier molecular flexibility index (Phi) is 4.87. The van der Waals surface area contributed by atoms with Gasteiger partial charge in [-0.25, -0.2) is 0 Å². The molecule has 0 fully saturated rings. The summed E-state index contributed by atoms with van der Waals surface area (Å²) in [5.74, 6) is -2.11. The Bertz CT molecular complexity index is 1090. The van der Waals surface area contributed by atoms with E-state index in [1.807, 2.05) is 5.32 Å². The van der Waals surface area contributed by atoms with Crippen LogP contribution >= 0.6 is 46.6 Å². The highest BCUT2D eigenvalue weighted by Gasteiger charge is 2.34. The quantitative estimate of drug-likeness (QED) is 0.405. The first-order chi connectivity index (χ1) is 12.4. The molecule has 1 aromatic carbocycles. The minimum Gasteiger partial charge on any atom is -0.384 e. The number of nitrogens with zero attached hydrogens (tertiary/aromatic N) is 1. The van der Waals surface area contributed by atoms with E-state index in [0.29, 0.717) is 4.57 Å². The number of hydrogen-bond acceptors (Lipinski definition) is 5. The van der Waals surface area contributed by atoms with Crippen LogP contribution in [0.2, 0.25) is 15.1 Å². The summed E-state index contributed by atoms with van der Waals surface area (Å²) in [6.07, 6.45) is 0. The fraction of sp³-hybridized carbons (Fsp3) is 0.0714. The van der Waals surface area contributed by atoms with Crippen molar-refractivity contribution in [2.75, 3.05) is 5.73 Å². The fourth-order valence-corrected chi connectivity index (χ4v) is 4.10. The Morgan fingerprint density at radius 2 is 1.67 bits per heavy atom. The predicted molar refractivity (Wildman–Crippen MR) is 95.2 cm³/mol. The van der Waals surface area contributed by atoms with Crippen molar-refractivity contribution in [2.24, 2.45) is 0 Å². The summed E-state index contributed by atoms with van der Waals surface area (Å²) < 4.78 is 38.6. The minimum atomic E-state index is -4.65. The molecule has 13 heteroatoms. The van der Waals surface area contributed by atoms with Gasteiger partial charge in [0.2, 0.25) is 0 Å². The Morgan fingerprint density at radius 1 is 1.04 bits per heavy atom. The average molecular weight is 459 g/mol. The molecule has 6 nitrogen and oxygen atoms in total. The first-order valence-corrected chi connectivity index (χ1v) is 8.72. The zero-order valence-electron chi connectivity index (χ0n) is 12.6. The monoisotopic (exact) mass is 457 g/mol. The van der Waals surface area contributed by atoms with E-state index in [2.05, 4.69) is 0 Å². The number of fused-ring (bicyclic) bond motifs is 1. The molecule has 2 amide bonds. The van der Waals surface area contributed by atoms with Crippen LogP contribution in [0, 0.1) is 0 Å². The third kappa shape index (κ3) is 3.38. The second-order valence-corrected chi connectivity index (χ2v) is 7.43. The van der Waals surface area contributed by atoms with Gasteiger partial charge in [-0.3, -0.25) is 24.3 Å². The van der Waals surface area contributed by atoms with Crippen LogP contribution in [0.4, 0.5) is 19.0 Å². The molecular weight excluding hydrogens is 454 g/mol. The summed E-state index contributed by atoms with van der Waals surface area (Å²) >= 11 is 17.4. The molecule has 0 bridgehead atoms. The molecule has 2 heterocycles. The van der Waals surface area contributed by atoms with E-state index in [1.165, 1.54) is 0 Å². The fourth-order valence-electron chi connectivity index (χ4n) is 2.48. The number of amides is 2. The number of pyridine rings is 1. The van der Waals surface area contributed by atoms with Gasteiger partial charge in [0.15, 0.2) is 0 Å². The number of rotatable bonds is 2. The molecule has 2 aromatic rings. The topological polar surface area (TPSA) is 94.2 Å². The van der Waals surface area contributed by atoms with Gasteiger partial charge in [-0.15, -0.1) is 0 Å². The molecule has 0 saturated heterocycles. The molecule has 0 aliphatic carbocycles. The summed E-state index contributed by atoms with van der Waals surface area (Å²) in [5, 5.41) is 0.622. The van der Waals surface area contributed by atoms with Gasteiger partial charge < -0.3 is 5.73 Å². The number of imide groups is 1. The van der Waals surface area contributed by atoms with Crippen molar-refractivity contribution < 1.29 is 22.8 Å². The van der Waals surface area contributed by atoms with Crippen LogP contribution < -0.4 is 16.6 Å². The normalized spacial score (nSPS) is 13.7. The number of aromatic nitrogens is 1. The first-order valence-electron chi connectivity index (χ1n) is 6.77. The van der Waals surface area contributed by atoms with Gasteiger partial charge in [-0.1, -0.05) is 34.8 Å². The maximum absolute atomic E-state index is 12.6. The van der Waals surface area contributed by atoms with E-state index in [9.17, 15) is 27.6 Å². The van der Waals surface area contributed by atoms with Crippen molar-refractivity contribution in [2.45, 2.75) is 10.4 Å². The Morgan fingerprint density at radius 3 is 2.26 bits per heavy atom. The molecule has 1 aliphatic heterocycles. The van der Waals surface area contributed by atoms with Crippen LogP contribution in [0.3, 0.4) is 0 Å². The second-order valence-electron chi connectivity index (χ2n) is 5.16. The van der Waals surface area contributed by atoms with E-state index in [4.69, 9.17) is 40.5 Å². The van der Waals surface area contributed by atoms with Crippen LogP contribution in [0.15, 0.2) is 21.8 Å². The molecule has 142 valence electrons. The molecular formula is C14H5Cl3F3N3O3S. The third-order valence-corrected chi connectivity index (χ3v) is 5.53. The van der Waals surface area contributed by atoms with Crippen molar-refractivity contribution in [1.29, 1.82) is 0 Å². The number of thioether (sulfide) groups is 1. The second kappa shape index (κ2) is 6.62. The minimum absolute atomic E-state index is 0.235. The molecule has 0 spiro atoms. The van der Waals surface area contributed by atoms with E-state index in [-0.39, 0.29) is 21.8 Å². The molecule has 27 heavy (non-hydrogen) atoms. The van der Waals surface area contributed by atoms with Crippen LogP contribution in [-0.2, 0) is 0 Å². The number of carbonyl (C=O) groups is 2. The number of benzene rings is 1. The predicted octanol–water partition coefficient (Wildman–Crippen LogP) is 3.88. The van der Waals surface area contributed by atoms with Crippen molar-refractivity contribution in [3.05, 3.63) is 48.7 Å². The number of hydrogen-bond donors (Lipinski definition) is 2. The van der Waals surface area contributed by atoms with Gasteiger partial charge >= 0.3 is 5.51 Å². The van der Waals surface area contributed by atoms with Crippen LogP contribution in [0.5, 0.6) is 0 Å². The zero-order valence-corrected chi connectivity index (χ0v) is 15.7. The lowest BCUT2D eigenvalue weighted by Gasteiger charge is -2.17. The van der Waals surface area contributed by atoms with Crippen molar-refractivity contribution in [3.8, 4) is 5.69 Å². The number of carbonyl (C=O) groups excluding carboxylic acids is 2. The Labute approximate surface area is 167 Å². The third-order valence-electron chi connectivity index (χ3n) is 3.50. The number of anilines is 1. The van der Waals surface area contributed by atoms with Crippen LogP contribution in [-0.4, -0.2) is 21.9 Å². The van der Waals surface area contributed by atoms with Crippen molar-refractivity contribution >= 4 is 64.2 Å². The lowest BCUT2D eigenvalue weighted by atomic mass is 10.1. The highest BCUT2D eigenvalue weighted by Crippen LogP contribution is 2.46. The highest BCUT2D eigenvalue weighted by atomic mass is 35.5. The summed E-state index contributed by atoms with van der Waals surface area (Å²) in [7, 11) is 0. The molecule has 1 aromatic heterocycles. The van der Waals surface area contributed by atoms with E-state index in [1.54, 1.807) is 0 Å². The Hall–Kier alpha value is -1.88. The number of nitrogens with one attached hydrogen (secondary N) is 1. The SMILES string of the molecule is Nc1c2c(cc(=O)n1-c1c(Cl)cc(SC(F)(F)F)c(Cl)c1Cl)C(=O)NC2=O. The molecule has 0 atom stereocenters. The van der Waals surface area contributed by atoms with Gasteiger partial charge in [0.1, 0.15) is 5.82 Å². The van der Waals surface area contributed by atoms with Crippen LogP contribution in [0.1, 0.15) is 20.7 Å². The smallest absolute Gasteiger partial charge is 0.384 e. The van der Waals surface area contributed by atoms with E-state index >= 15 is 0 Å². The summed E-state index contributed by atoms with van der Waals surface area (Å²) in [5.41, 5.74) is -0.512. The van der Waals surface area contributed by atoms with E-state index < -0.39 is 55.4 Å². The lowest BCUT2D eigenvalue weighted by Crippen LogP contribution is -2.24. The molecule has 3 rings (SSSR count). The maximum Gasteiger partial charge on any atom is 0.446 e. The largest absolute Gasteiger partial charge is 0.446 e. The van der Waals surface area contributed by atoms with Gasteiger partial charge in [0, 0.05) is 11.0 Å².